The summed E-state index contributed by atoms with van der Waals surface area (Å²) in [5.74, 6) is -0.436. The van der Waals surface area contributed by atoms with Crippen LogP contribution in [0.5, 0.6) is 0 Å². The summed E-state index contributed by atoms with van der Waals surface area (Å²) in [6, 6.07) is 26.9. The van der Waals surface area contributed by atoms with Gasteiger partial charge in [0.25, 0.3) is 0 Å². The van der Waals surface area contributed by atoms with Crippen LogP contribution in [-0.2, 0) is 9.63 Å². The predicted molar refractivity (Wildman–Crippen MR) is 106 cm³/mol. The summed E-state index contributed by atoms with van der Waals surface area (Å²) >= 11 is 0. The van der Waals surface area contributed by atoms with Gasteiger partial charge in [0.15, 0.2) is 0 Å². The van der Waals surface area contributed by atoms with Crippen molar-refractivity contribution in [1.29, 1.82) is 0 Å². The molecule has 0 saturated carbocycles. The quantitative estimate of drug-likeness (QED) is 0.278. The van der Waals surface area contributed by atoms with Gasteiger partial charge in [0.1, 0.15) is 0 Å². The highest BCUT2D eigenvalue weighted by Gasteiger charge is 2.12. The van der Waals surface area contributed by atoms with E-state index in [4.69, 9.17) is 4.84 Å². The molecule has 0 amide bonds. The van der Waals surface area contributed by atoms with Crippen molar-refractivity contribution in [3.05, 3.63) is 84.4 Å². The first kappa shape index (κ1) is 16.0. The van der Waals surface area contributed by atoms with Gasteiger partial charge in [-0.25, -0.2) is 4.79 Å². The van der Waals surface area contributed by atoms with Crippen LogP contribution in [0.25, 0.3) is 32.7 Å². The van der Waals surface area contributed by atoms with Gasteiger partial charge in [-0.3, -0.25) is 0 Å². The summed E-state index contributed by atoms with van der Waals surface area (Å²) < 4.78 is 0. The Morgan fingerprint density at radius 3 is 2.23 bits per heavy atom. The molecule has 0 aliphatic carbocycles. The smallest absolute Gasteiger partial charge is 0.319 e. The first-order chi connectivity index (χ1) is 12.7. The van der Waals surface area contributed by atoms with Gasteiger partial charge in [-0.15, -0.1) is 0 Å². The Labute approximate surface area is 151 Å². The van der Waals surface area contributed by atoms with Crippen molar-refractivity contribution < 1.29 is 9.63 Å². The lowest BCUT2D eigenvalue weighted by atomic mass is 9.90. The normalized spacial score (nSPS) is 11.3. The van der Waals surface area contributed by atoms with E-state index in [2.05, 4.69) is 53.7 Å². The fraction of sp³-hybridized carbons (Fsp3) is 0.0435. The monoisotopic (exact) mass is 339 g/mol. The summed E-state index contributed by atoms with van der Waals surface area (Å²) in [6.07, 6.45) is 1.60. The third-order valence-corrected chi connectivity index (χ3v) is 4.39. The van der Waals surface area contributed by atoms with Crippen LogP contribution in [0.1, 0.15) is 12.5 Å². The van der Waals surface area contributed by atoms with Crippen molar-refractivity contribution in [3.8, 4) is 11.1 Å². The SMILES string of the molecule is CC(=O)O/N=C/c1ccc2ccccc2c1-c1cccc2ccccc12. The molecule has 0 aliphatic rings. The zero-order valence-electron chi connectivity index (χ0n) is 14.3. The van der Waals surface area contributed by atoms with Gasteiger partial charge in [-0.05, 0) is 32.7 Å². The molecule has 3 nitrogen and oxygen atoms in total. The number of nitrogens with zero attached hydrogens (tertiary/aromatic N) is 1. The number of carbonyl (C=O) groups excluding carboxylic acids is 1. The second-order valence-corrected chi connectivity index (χ2v) is 6.10. The average Bonchev–Trinajstić information content (AvgIpc) is 2.67. The molecule has 3 heteroatoms. The Balaban J connectivity index is 2.02. The van der Waals surface area contributed by atoms with Crippen LogP contribution in [0.15, 0.2) is 84.0 Å². The lowest BCUT2D eigenvalue weighted by molar-refractivity contribution is -0.140. The lowest BCUT2D eigenvalue weighted by Crippen LogP contribution is -1.95. The highest BCUT2D eigenvalue weighted by atomic mass is 16.7. The Morgan fingerprint density at radius 1 is 0.808 bits per heavy atom. The number of fused-ring (bicyclic) bond motifs is 2. The van der Waals surface area contributed by atoms with Gasteiger partial charge in [0.2, 0.25) is 0 Å². The molecule has 0 fully saturated rings. The average molecular weight is 339 g/mol. The first-order valence-electron chi connectivity index (χ1n) is 8.45. The molecule has 0 radical (unpaired) electrons. The van der Waals surface area contributed by atoms with Crippen molar-refractivity contribution >= 4 is 33.7 Å². The van der Waals surface area contributed by atoms with Gasteiger partial charge in [0, 0.05) is 12.5 Å². The molecule has 0 N–H and O–H groups in total. The fourth-order valence-electron chi connectivity index (χ4n) is 3.30. The number of hydrogen-bond acceptors (Lipinski definition) is 3. The molecule has 0 atom stereocenters. The topological polar surface area (TPSA) is 38.7 Å². The van der Waals surface area contributed by atoms with Crippen molar-refractivity contribution in [2.45, 2.75) is 6.92 Å². The zero-order chi connectivity index (χ0) is 17.9. The summed E-state index contributed by atoms with van der Waals surface area (Å²) in [5, 5.41) is 8.48. The first-order valence-corrected chi connectivity index (χ1v) is 8.45. The van der Waals surface area contributed by atoms with E-state index in [0.717, 1.165) is 27.5 Å². The molecule has 0 bridgehead atoms. The van der Waals surface area contributed by atoms with Gasteiger partial charge < -0.3 is 4.84 Å². The maximum atomic E-state index is 11.0. The molecule has 4 rings (SSSR count). The minimum Gasteiger partial charge on any atom is -0.319 e. The molecule has 126 valence electrons. The third kappa shape index (κ3) is 2.95. The predicted octanol–water partition coefficient (Wildman–Crippen LogP) is 5.56. The van der Waals surface area contributed by atoms with Crippen LogP contribution < -0.4 is 0 Å². The van der Waals surface area contributed by atoms with Gasteiger partial charge >= 0.3 is 5.97 Å². The van der Waals surface area contributed by atoms with E-state index >= 15 is 0 Å². The van der Waals surface area contributed by atoms with Gasteiger partial charge in [-0.2, -0.15) is 0 Å². The van der Waals surface area contributed by atoms with Crippen molar-refractivity contribution in [3.63, 3.8) is 0 Å². The maximum Gasteiger partial charge on any atom is 0.331 e. The van der Waals surface area contributed by atoms with Crippen molar-refractivity contribution in [2.75, 3.05) is 0 Å². The van der Waals surface area contributed by atoms with Gasteiger partial charge in [0.05, 0.1) is 6.21 Å². The summed E-state index contributed by atoms with van der Waals surface area (Å²) in [4.78, 5) is 15.8. The number of hydrogen-bond donors (Lipinski definition) is 0. The number of rotatable bonds is 3. The minimum atomic E-state index is -0.436. The zero-order valence-corrected chi connectivity index (χ0v) is 14.3. The molecule has 0 aliphatic heterocycles. The lowest BCUT2D eigenvalue weighted by Gasteiger charge is -2.13. The molecule has 0 unspecified atom stereocenters. The second-order valence-electron chi connectivity index (χ2n) is 6.10. The summed E-state index contributed by atoms with van der Waals surface area (Å²) in [6.45, 7) is 1.34. The molecule has 0 spiro atoms. The van der Waals surface area contributed by atoms with E-state index in [0.29, 0.717) is 0 Å². The van der Waals surface area contributed by atoms with Crippen LogP contribution in [-0.4, -0.2) is 12.2 Å². The Morgan fingerprint density at radius 2 is 1.46 bits per heavy atom. The molecule has 26 heavy (non-hydrogen) atoms. The van der Waals surface area contributed by atoms with E-state index in [1.54, 1.807) is 6.21 Å². The van der Waals surface area contributed by atoms with Gasteiger partial charge in [-0.1, -0.05) is 84.0 Å². The Kier molecular flexibility index (Phi) is 4.20. The fourth-order valence-corrected chi connectivity index (χ4v) is 3.30. The summed E-state index contributed by atoms with van der Waals surface area (Å²) in [5.41, 5.74) is 3.11. The number of benzene rings is 4. The van der Waals surface area contributed by atoms with Crippen molar-refractivity contribution in [1.82, 2.24) is 0 Å². The molecular weight excluding hydrogens is 322 g/mol. The molecular formula is C23H17NO2. The second kappa shape index (κ2) is 6.81. The maximum absolute atomic E-state index is 11.0. The van der Waals surface area contributed by atoms with E-state index < -0.39 is 5.97 Å². The highest BCUT2D eigenvalue weighted by molar-refractivity contribution is 6.11. The number of carbonyl (C=O) groups is 1. The van der Waals surface area contributed by atoms with E-state index in [1.807, 2.05) is 30.3 Å². The summed E-state index contributed by atoms with van der Waals surface area (Å²) in [7, 11) is 0. The van der Waals surface area contributed by atoms with Crippen molar-refractivity contribution in [2.24, 2.45) is 5.16 Å². The Hall–Kier alpha value is -3.46. The number of oxime groups is 1. The van der Waals surface area contributed by atoms with Crippen LogP contribution in [0.3, 0.4) is 0 Å². The standard InChI is InChI=1S/C23H17NO2/c1-16(25)26-24-15-19-14-13-18-8-3-5-11-21(18)23(19)22-12-6-9-17-7-2-4-10-20(17)22/h2-15H,1H3/b24-15+. The van der Waals surface area contributed by atoms with E-state index in [1.165, 1.54) is 17.7 Å². The molecule has 0 aromatic heterocycles. The van der Waals surface area contributed by atoms with Crippen LogP contribution >= 0.6 is 0 Å². The largest absolute Gasteiger partial charge is 0.331 e. The highest BCUT2D eigenvalue weighted by Crippen LogP contribution is 2.36. The molecule has 0 saturated heterocycles. The minimum absolute atomic E-state index is 0.436. The third-order valence-electron chi connectivity index (χ3n) is 4.39. The molecule has 4 aromatic carbocycles. The van der Waals surface area contributed by atoms with E-state index in [9.17, 15) is 4.79 Å². The van der Waals surface area contributed by atoms with Crippen LogP contribution in [0.4, 0.5) is 0 Å². The molecule has 4 aromatic rings. The Bertz CT molecular complexity index is 1140. The van der Waals surface area contributed by atoms with Crippen LogP contribution in [0, 0.1) is 0 Å². The van der Waals surface area contributed by atoms with Crippen LogP contribution in [0.2, 0.25) is 0 Å². The van der Waals surface area contributed by atoms with E-state index in [-0.39, 0.29) is 0 Å². The molecule has 0 heterocycles.